The molecular formula is C23H16N2O5. The maximum absolute atomic E-state index is 13.0. The highest BCUT2D eigenvalue weighted by Gasteiger charge is 2.46. The molecule has 0 spiro atoms. The molecule has 7 nitrogen and oxygen atoms in total. The molecule has 0 radical (unpaired) electrons. The molecule has 1 amide bonds. The standard InChI is InChI=1S/C23H16N2O5/c26-21(16-9-5-2-6-10-16)19-20(15-7-3-1-4-8-15)24(23(28)22(19)27)17-11-13-18(14-12-17)25(29)30/h1-14,20,26H/b21-19-. The number of nitro groups is 1. The second-order valence-corrected chi connectivity index (χ2v) is 6.72. The molecule has 148 valence electrons. The fourth-order valence-corrected chi connectivity index (χ4v) is 3.54. The summed E-state index contributed by atoms with van der Waals surface area (Å²) in [5.41, 5.74) is 1.21. The molecule has 1 N–H and O–H groups in total. The molecule has 1 heterocycles. The van der Waals surface area contributed by atoms with Crippen molar-refractivity contribution in [3.8, 4) is 0 Å². The van der Waals surface area contributed by atoms with E-state index < -0.39 is 22.7 Å². The lowest BCUT2D eigenvalue weighted by atomic mass is 9.95. The van der Waals surface area contributed by atoms with Crippen LogP contribution in [0.5, 0.6) is 0 Å². The van der Waals surface area contributed by atoms with Gasteiger partial charge in [0.25, 0.3) is 17.4 Å². The molecule has 1 unspecified atom stereocenters. The molecular weight excluding hydrogens is 384 g/mol. The Morgan fingerprint density at radius 1 is 0.867 bits per heavy atom. The van der Waals surface area contributed by atoms with E-state index in [1.54, 1.807) is 60.7 Å². The van der Waals surface area contributed by atoms with Gasteiger partial charge in [-0.2, -0.15) is 0 Å². The number of nitrogens with zero attached hydrogens (tertiary/aromatic N) is 2. The number of nitro benzene ring substituents is 1. The van der Waals surface area contributed by atoms with Gasteiger partial charge in [-0.1, -0.05) is 60.7 Å². The first-order valence-electron chi connectivity index (χ1n) is 9.15. The Morgan fingerprint density at radius 3 is 2.00 bits per heavy atom. The Bertz CT molecular complexity index is 1160. The minimum Gasteiger partial charge on any atom is -0.507 e. The average molecular weight is 400 g/mol. The monoisotopic (exact) mass is 400 g/mol. The van der Waals surface area contributed by atoms with Gasteiger partial charge >= 0.3 is 0 Å². The number of rotatable bonds is 4. The van der Waals surface area contributed by atoms with Crippen molar-refractivity contribution >= 4 is 28.8 Å². The van der Waals surface area contributed by atoms with E-state index in [2.05, 4.69) is 0 Å². The fourth-order valence-electron chi connectivity index (χ4n) is 3.54. The van der Waals surface area contributed by atoms with Crippen LogP contribution in [0.3, 0.4) is 0 Å². The first-order chi connectivity index (χ1) is 14.5. The lowest BCUT2D eigenvalue weighted by Gasteiger charge is -2.25. The quantitative estimate of drug-likeness (QED) is 0.232. The number of carbonyl (C=O) groups excluding carboxylic acids is 2. The maximum Gasteiger partial charge on any atom is 0.300 e. The number of hydrogen-bond donors (Lipinski definition) is 1. The van der Waals surface area contributed by atoms with Crippen molar-refractivity contribution in [2.45, 2.75) is 6.04 Å². The summed E-state index contributed by atoms with van der Waals surface area (Å²) < 4.78 is 0. The third kappa shape index (κ3) is 3.22. The second kappa shape index (κ2) is 7.63. The van der Waals surface area contributed by atoms with E-state index in [1.807, 2.05) is 0 Å². The smallest absolute Gasteiger partial charge is 0.300 e. The third-order valence-electron chi connectivity index (χ3n) is 4.95. The van der Waals surface area contributed by atoms with Crippen molar-refractivity contribution in [1.29, 1.82) is 0 Å². The van der Waals surface area contributed by atoms with Gasteiger partial charge in [-0.3, -0.25) is 24.6 Å². The maximum atomic E-state index is 13.0. The molecule has 0 aliphatic carbocycles. The van der Waals surface area contributed by atoms with Gasteiger partial charge < -0.3 is 5.11 Å². The Balaban J connectivity index is 1.91. The van der Waals surface area contributed by atoms with Gasteiger partial charge in [0.2, 0.25) is 0 Å². The van der Waals surface area contributed by atoms with Gasteiger partial charge in [0.15, 0.2) is 0 Å². The summed E-state index contributed by atoms with van der Waals surface area (Å²) in [6.45, 7) is 0. The van der Waals surface area contributed by atoms with E-state index in [1.165, 1.54) is 29.2 Å². The summed E-state index contributed by atoms with van der Waals surface area (Å²) in [7, 11) is 0. The van der Waals surface area contributed by atoms with Crippen molar-refractivity contribution in [2.75, 3.05) is 4.90 Å². The second-order valence-electron chi connectivity index (χ2n) is 6.72. The van der Waals surface area contributed by atoms with Crippen molar-refractivity contribution < 1.29 is 19.6 Å². The number of amides is 1. The van der Waals surface area contributed by atoms with E-state index in [9.17, 15) is 24.8 Å². The summed E-state index contributed by atoms with van der Waals surface area (Å²) in [4.78, 5) is 37.6. The molecule has 1 aliphatic heterocycles. The number of anilines is 1. The summed E-state index contributed by atoms with van der Waals surface area (Å²) >= 11 is 0. The average Bonchev–Trinajstić information content (AvgIpc) is 3.05. The van der Waals surface area contributed by atoms with Gasteiger partial charge in [-0.05, 0) is 17.7 Å². The molecule has 7 heteroatoms. The van der Waals surface area contributed by atoms with Crippen LogP contribution < -0.4 is 4.90 Å². The predicted molar refractivity (Wildman–Crippen MR) is 111 cm³/mol. The molecule has 3 aromatic rings. The molecule has 1 atom stereocenters. The Kier molecular flexibility index (Phi) is 4.85. The van der Waals surface area contributed by atoms with E-state index in [0.29, 0.717) is 16.8 Å². The first-order valence-corrected chi connectivity index (χ1v) is 9.15. The van der Waals surface area contributed by atoms with Crippen LogP contribution in [0.25, 0.3) is 5.76 Å². The zero-order valence-corrected chi connectivity index (χ0v) is 15.6. The molecule has 0 saturated carbocycles. The highest BCUT2D eigenvalue weighted by molar-refractivity contribution is 6.51. The topological polar surface area (TPSA) is 101 Å². The number of aliphatic hydroxyl groups is 1. The number of hydrogen-bond acceptors (Lipinski definition) is 5. The van der Waals surface area contributed by atoms with E-state index in [4.69, 9.17) is 0 Å². The molecule has 4 rings (SSSR count). The minimum atomic E-state index is -0.868. The highest BCUT2D eigenvalue weighted by Crippen LogP contribution is 2.42. The Hall–Kier alpha value is -4.26. The normalized spacial score (nSPS) is 17.9. The van der Waals surface area contributed by atoms with Gasteiger partial charge in [0.05, 0.1) is 16.5 Å². The van der Waals surface area contributed by atoms with Crippen LogP contribution in [0.1, 0.15) is 17.2 Å². The van der Waals surface area contributed by atoms with Crippen molar-refractivity contribution in [2.24, 2.45) is 0 Å². The van der Waals surface area contributed by atoms with Crippen LogP contribution in [-0.2, 0) is 9.59 Å². The minimum absolute atomic E-state index is 0.0317. The summed E-state index contributed by atoms with van der Waals surface area (Å²) in [6, 6.07) is 21.9. The third-order valence-corrected chi connectivity index (χ3v) is 4.95. The zero-order chi connectivity index (χ0) is 21.3. The van der Waals surface area contributed by atoms with Gasteiger partial charge in [0.1, 0.15) is 5.76 Å². The van der Waals surface area contributed by atoms with Crippen molar-refractivity contribution in [1.82, 2.24) is 0 Å². The van der Waals surface area contributed by atoms with Gasteiger partial charge in [0, 0.05) is 23.4 Å². The van der Waals surface area contributed by atoms with Crippen LogP contribution in [0, 0.1) is 10.1 Å². The van der Waals surface area contributed by atoms with E-state index >= 15 is 0 Å². The lowest BCUT2D eigenvalue weighted by Crippen LogP contribution is -2.29. The van der Waals surface area contributed by atoms with Crippen LogP contribution in [0.2, 0.25) is 0 Å². The largest absolute Gasteiger partial charge is 0.507 e. The van der Waals surface area contributed by atoms with Crippen LogP contribution in [0.15, 0.2) is 90.5 Å². The molecule has 1 saturated heterocycles. The summed E-state index contributed by atoms with van der Waals surface area (Å²) in [5, 5.41) is 21.9. The molecule has 1 aliphatic rings. The number of carbonyl (C=O) groups is 2. The van der Waals surface area contributed by atoms with Crippen LogP contribution >= 0.6 is 0 Å². The molecule has 1 fully saturated rings. The molecule has 3 aromatic carbocycles. The van der Waals surface area contributed by atoms with E-state index in [0.717, 1.165) is 0 Å². The molecule has 30 heavy (non-hydrogen) atoms. The number of benzene rings is 3. The van der Waals surface area contributed by atoms with Crippen LogP contribution in [0.4, 0.5) is 11.4 Å². The van der Waals surface area contributed by atoms with E-state index in [-0.39, 0.29) is 17.0 Å². The van der Waals surface area contributed by atoms with Crippen molar-refractivity contribution in [3.05, 3.63) is 112 Å². The van der Waals surface area contributed by atoms with Crippen molar-refractivity contribution in [3.63, 3.8) is 0 Å². The number of Topliss-reactive ketones (excluding diaryl/α,β-unsaturated/α-hetero) is 1. The number of ketones is 1. The highest BCUT2D eigenvalue weighted by atomic mass is 16.6. The fraction of sp³-hybridized carbons (Fsp3) is 0.0435. The Labute approximate surface area is 171 Å². The summed E-state index contributed by atoms with van der Waals surface area (Å²) in [6.07, 6.45) is 0. The summed E-state index contributed by atoms with van der Waals surface area (Å²) in [5.74, 6) is -1.90. The van der Waals surface area contributed by atoms with Crippen LogP contribution in [-0.4, -0.2) is 21.7 Å². The molecule has 0 aromatic heterocycles. The number of aliphatic hydroxyl groups excluding tert-OH is 1. The predicted octanol–water partition coefficient (Wildman–Crippen LogP) is 4.22. The number of non-ortho nitro benzene ring substituents is 1. The van der Waals surface area contributed by atoms with Gasteiger partial charge in [-0.25, -0.2) is 0 Å². The SMILES string of the molecule is O=C1C(=O)N(c2ccc([N+](=O)[O-])cc2)C(c2ccccc2)/C1=C(/O)c1ccccc1. The zero-order valence-electron chi connectivity index (χ0n) is 15.6. The lowest BCUT2D eigenvalue weighted by molar-refractivity contribution is -0.384. The first kappa shape index (κ1) is 19.1. The molecule has 0 bridgehead atoms. The Morgan fingerprint density at radius 2 is 1.43 bits per heavy atom. The van der Waals surface area contributed by atoms with Gasteiger partial charge in [-0.15, -0.1) is 0 Å².